The fourth-order valence-electron chi connectivity index (χ4n) is 1.43. The van der Waals surface area contributed by atoms with Crippen LogP contribution in [-0.2, 0) is 9.53 Å². The standard InChI is InChI=1S/C14H21NO2S/c1-3-17-11-7-10-15-14(16)12(2)18-13-8-5-4-6-9-13/h4-6,8-9,12H,3,7,10-11H2,1-2H3,(H,15,16). The van der Waals surface area contributed by atoms with Crippen molar-refractivity contribution in [3.63, 3.8) is 0 Å². The normalized spacial score (nSPS) is 12.1. The summed E-state index contributed by atoms with van der Waals surface area (Å²) >= 11 is 1.58. The fourth-order valence-corrected chi connectivity index (χ4v) is 2.34. The van der Waals surface area contributed by atoms with E-state index in [0.717, 1.165) is 17.9 Å². The third-order valence-corrected chi connectivity index (χ3v) is 3.51. The molecule has 0 aromatic heterocycles. The van der Waals surface area contributed by atoms with Crippen LogP contribution >= 0.6 is 11.8 Å². The van der Waals surface area contributed by atoms with Crippen LogP contribution < -0.4 is 5.32 Å². The SMILES string of the molecule is CCOCCCNC(=O)C(C)Sc1ccccc1. The Balaban J connectivity index is 2.21. The van der Waals surface area contributed by atoms with Crippen LogP contribution in [0.25, 0.3) is 0 Å². The quantitative estimate of drug-likeness (QED) is 0.581. The second-order valence-electron chi connectivity index (χ2n) is 3.91. The van der Waals surface area contributed by atoms with E-state index in [-0.39, 0.29) is 11.2 Å². The monoisotopic (exact) mass is 267 g/mol. The number of rotatable bonds is 8. The summed E-state index contributed by atoms with van der Waals surface area (Å²) in [7, 11) is 0. The molecule has 0 saturated carbocycles. The number of thioether (sulfide) groups is 1. The molecule has 18 heavy (non-hydrogen) atoms. The van der Waals surface area contributed by atoms with E-state index in [1.54, 1.807) is 11.8 Å². The lowest BCUT2D eigenvalue weighted by molar-refractivity contribution is -0.120. The fraction of sp³-hybridized carbons (Fsp3) is 0.500. The number of nitrogens with one attached hydrogen (secondary N) is 1. The first-order valence-corrected chi connectivity index (χ1v) is 7.19. The van der Waals surface area contributed by atoms with Gasteiger partial charge in [-0.15, -0.1) is 11.8 Å². The predicted octanol–water partition coefficient (Wildman–Crippen LogP) is 2.71. The van der Waals surface area contributed by atoms with Crippen LogP contribution in [0.15, 0.2) is 35.2 Å². The van der Waals surface area contributed by atoms with Crippen molar-refractivity contribution in [2.45, 2.75) is 30.4 Å². The summed E-state index contributed by atoms with van der Waals surface area (Å²) in [6, 6.07) is 9.97. The number of hydrogen-bond donors (Lipinski definition) is 1. The maximum absolute atomic E-state index is 11.8. The summed E-state index contributed by atoms with van der Waals surface area (Å²) in [5.74, 6) is 0.0837. The van der Waals surface area contributed by atoms with Gasteiger partial charge in [-0.25, -0.2) is 0 Å². The molecule has 0 aliphatic heterocycles. The molecule has 0 fully saturated rings. The van der Waals surface area contributed by atoms with Crippen molar-refractivity contribution in [1.29, 1.82) is 0 Å². The largest absolute Gasteiger partial charge is 0.382 e. The van der Waals surface area contributed by atoms with E-state index in [1.807, 2.05) is 44.2 Å². The van der Waals surface area contributed by atoms with Crippen molar-refractivity contribution in [1.82, 2.24) is 5.32 Å². The Morgan fingerprint density at radius 1 is 1.39 bits per heavy atom. The maximum Gasteiger partial charge on any atom is 0.233 e. The molecule has 0 aliphatic carbocycles. The Morgan fingerprint density at radius 2 is 2.11 bits per heavy atom. The molecule has 3 nitrogen and oxygen atoms in total. The molecule has 0 aliphatic rings. The van der Waals surface area contributed by atoms with Gasteiger partial charge in [-0.1, -0.05) is 18.2 Å². The van der Waals surface area contributed by atoms with Gasteiger partial charge in [-0.2, -0.15) is 0 Å². The van der Waals surface area contributed by atoms with Crippen LogP contribution in [0, 0.1) is 0 Å². The van der Waals surface area contributed by atoms with E-state index in [9.17, 15) is 4.79 Å². The van der Waals surface area contributed by atoms with Crippen LogP contribution in [-0.4, -0.2) is 30.9 Å². The minimum Gasteiger partial charge on any atom is -0.382 e. The second kappa shape index (κ2) is 9.00. The summed E-state index contributed by atoms with van der Waals surface area (Å²) in [4.78, 5) is 12.9. The number of ether oxygens (including phenoxy) is 1. The van der Waals surface area contributed by atoms with Crippen molar-refractivity contribution in [2.24, 2.45) is 0 Å². The molecule has 0 saturated heterocycles. The average Bonchev–Trinajstić information content (AvgIpc) is 2.39. The molecule has 1 unspecified atom stereocenters. The zero-order chi connectivity index (χ0) is 13.2. The lowest BCUT2D eigenvalue weighted by Crippen LogP contribution is -2.32. The van der Waals surface area contributed by atoms with E-state index >= 15 is 0 Å². The maximum atomic E-state index is 11.8. The lowest BCUT2D eigenvalue weighted by Gasteiger charge is -2.11. The minimum atomic E-state index is -0.0699. The van der Waals surface area contributed by atoms with Crippen molar-refractivity contribution in [3.05, 3.63) is 30.3 Å². The molecular weight excluding hydrogens is 246 g/mol. The van der Waals surface area contributed by atoms with Gasteiger partial charge in [0.25, 0.3) is 0 Å². The Kier molecular flexibility index (Phi) is 7.53. The summed E-state index contributed by atoms with van der Waals surface area (Å²) in [6.45, 7) is 6.01. The number of carbonyl (C=O) groups excluding carboxylic acids is 1. The van der Waals surface area contributed by atoms with Crippen molar-refractivity contribution in [2.75, 3.05) is 19.8 Å². The van der Waals surface area contributed by atoms with Crippen LogP contribution in [0.3, 0.4) is 0 Å². The topological polar surface area (TPSA) is 38.3 Å². The van der Waals surface area contributed by atoms with Gasteiger partial charge in [-0.05, 0) is 32.4 Å². The van der Waals surface area contributed by atoms with Gasteiger partial charge in [0.1, 0.15) is 0 Å². The first-order chi connectivity index (χ1) is 8.74. The average molecular weight is 267 g/mol. The van der Waals surface area contributed by atoms with Crippen LogP contribution in [0.2, 0.25) is 0 Å². The van der Waals surface area contributed by atoms with E-state index in [1.165, 1.54) is 0 Å². The van der Waals surface area contributed by atoms with Gasteiger partial charge in [0.15, 0.2) is 0 Å². The summed E-state index contributed by atoms with van der Waals surface area (Å²) in [5, 5.41) is 2.85. The highest BCUT2D eigenvalue weighted by Gasteiger charge is 2.13. The summed E-state index contributed by atoms with van der Waals surface area (Å²) in [6.07, 6.45) is 0.863. The van der Waals surface area contributed by atoms with Crippen molar-refractivity contribution < 1.29 is 9.53 Å². The van der Waals surface area contributed by atoms with Crippen LogP contribution in [0.4, 0.5) is 0 Å². The minimum absolute atomic E-state index is 0.0699. The van der Waals surface area contributed by atoms with Gasteiger partial charge >= 0.3 is 0 Å². The van der Waals surface area contributed by atoms with E-state index in [2.05, 4.69) is 5.32 Å². The van der Waals surface area contributed by atoms with Gasteiger partial charge in [0.05, 0.1) is 5.25 Å². The third kappa shape index (κ3) is 6.07. The van der Waals surface area contributed by atoms with E-state index < -0.39 is 0 Å². The van der Waals surface area contributed by atoms with E-state index in [4.69, 9.17) is 4.74 Å². The molecule has 1 aromatic carbocycles. The number of carbonyl (C=O) groups is 1. The molecule has 100 valence electrons. The molecule has 1 amide bonds. The van der Waals surface area contributed by atoms with Gasteiger partial charge in [0, 0.05) is 24.7 Å². The van der Waals surface area contributed by atoms with Crippen LogP contribution in [0.5, 0.6) is 0 Å². The van der Waals surface area contributed by atoms with Gasteiger partial charge in [-0.3, -0.25) is 4.79 Å². The van der Waals surface area contributed by atoms with Gasteiger partial charge < -0.3 is 10.1 Å². The number of benzene rings is 1. The molecule has 1 atom stereocenters. The summed E-state index contributed by atoms with van der Waals surface area (Å²) in [5.41, 5.74) is 0. The highest BCUT2D eigenvalue weighted by atomic mass is 32.2. The smallest absolute Gasteiger partial charge is 0.233 e. The predicted molar refractivity (Wildman–Crippen MR) is 75.9 cm³/mol. The van der Waals surface area contributed by atoms with Crippen molar-refractivity contribution >= 4 is 17.7 Å². The number of hydrogen-bond acceptors (Lipinski definition) is 3. The molecule has 4 heteroatoms. The van der Waals surface area contributed by atoms with E-state index in [0.29, 0.717) is 13.2 Å². The lowest BCUT2D eigenvalue weighted by atomic mass is 10.4. The Hall–Kier alpha value is -1.00. The first-order valence-electron chi connectivity index (χ1n) is 6.31. The molecule has 0 radical (unpaired) electrons. The second-order valence-corrected chi connectivity index (χ2v) is 5.33. The molecule has 1 aromatic rings. The summed E-state index contributed by atoms with van der Waals surface area (Å²) < 4.78 is 5.21. The molecule has 0 heterocycles. The Bertz CT molecular complexity index is 343. The Labute approximate surface area is 113 Å². The molecule has 0 bridgehead atoms. The molecule has 1 rings (SSSR count). The van der Waals surface area contributed by atoms with Crippen LogP contribution in [0.1, 0.15) is 20.3 Å². The highest BCUT2D eigenvalue weighted by molar-refractivity contribution is 8.00. The molecule has 1 N–H and O–H groups in total. The highest BCUT2D eigenvalue weighted by Crippen LogP contribution is 2.22. The first kappa shape index (κ1) is 15.1. The number of amides is 1. The zero-order valence-electron chi connectivity index (χ0n) is 11.0. The van der Waals surface area contributed by atoms with Crippen molar-refractivity contribution in [3.8, 4) is 0 Å². The molecular formula is C14H21NO2S. The zero-order valence-corrected chi connectivity index (χ0v) is 11.8. The molecule has 0 spiro atoms. The third-order valence-electron chi connectivity index (χ3n) is 2.39. The Morgan fingerprint density at radius 3 is 2.78 bits per heavy atom. The van der Waals surface area contributed by atoms with Gasteiger partial charge in [0.2, 0.25) is 5.91 Å².